The van der Waals surface area contributed by atoms with Crippen molar-refractivity contribution in [1.82, 2.24) is 0 Å². The average Bonchev–Trinajstić information content (AvgIpc) is 2.22. The first-order valence-electron chi connectivity index (χ1n) is 4.56. The third-order valence-electron chi connectivity index (χ3n) is 2.04. The van der Waals surface area contributed by atoms with E-state index in [2.05, 4.69) is 17.9 Å². The second-order valence-corrected chi connectivity index (χ2v) is 3.23. The van der Waals surface area contributed by atoms with Crippen LogP contribution in [0.15, 0.2) is 12.1 Å². The van der Waals surface area contributed by atoms with Gasteiger partial charge in [0.05, 0.1) is 24.1 Å². The summed E-state index contributed by atoms with van der Waals surface area (Å²) in [4.78, 5) is 0. The van der Waals surface area contributed by atoms with E-state index in [0.29, 0.717) is 5.56 Å². The van der Waals surface area contributed by atoms with Gasteiger partial charge in [0, 0.05) is 5.56 Å². The minimum Gasteiger partial charge on any atom is -0.197 e. The van der Waals surface area contributed by atoms with E-state index in [0.717, 1.165) is 16.7 Å². The largest absolute Gasteiger partial charge is 0.197 e. The predicted molar refractivity (Wildman–Crippen MR) is 57.7 cm³/mol. The molecule has 2 nitrogen and oxygen atoms in total. The van der Waals surface area contributed by atoms with Gasteiger partial charge in [-0.3, -0.25) is 0 Å². The van der Waals surface area contributed by atoms with Crippen LogP contribution < -0.4 is 0 Å². The lowest BCUT2D eigenvalue weighted by atomic mass is 10.00. The van der Waals surface area contributed by atoms with Crippen molar-refractivity contribution in [3.8, 4) is 24.0 Å². The Balaban J connectivity index is 3.19. The van der Waals surface area contributed by atoms with Crippen LogP contribution >= 0.6 is 0 Å². The summed E-state index contributed by atoms with van der Waals surface area (Å²) in [6.07, 6.45) is 0.235. The van der Waals surface area contributed by atoms with Crippen LogP contribution in [0.5, 0.6) is 0 Å². The highest BCUT2D eigenvalue weighted by Gasteiger charge is 2.01. The van der Waals surface area contributed by atoms with Gasteiger partial charge in [0.25, 0.3) is 0 Å². The van der Waals surface area contributed by atoms with E-state index in [-0.39, 0.29) is 6.42 Å². The molecule has 0 aliphatic carbocycles. The van der Waals surface area contributed by atoms with Gasteiger partial charge in [-0.1, -0.05) is 11.8 Å². The van der Waals surface area contributed by atoms with Crippen LogP contribution in [0.2, 0.25) is 0 Å². The fourth-order valence-corrected chi connectivity index (χ4v) is 1.40. The maximum atomic E-state index is 8.76. The molecule has 0 radical (unpaired) electrons. The molecule has 0 saturated carbocycles. The summed E-state index contributed by atoms with van der Waals surface area (Å²) >= 11 is 0. The SMILES string of the molecule is Cc1cc(C#N)cc(C)c1C#CCC#N. The molecule has 0 aliphatic rings. The van der Waals surface area contributed by atoms with E-state index in [4.69, 9.17) is 10.5 Å². The van der Waals surface area contributed by atoms with E-state index in [9.17, 15) is 0 Å². The van der Waals surface area contributed by atoms with Crippen molar-refractivity contribution in [2.75, 3.05) is 0 Å². The normalized spacial score (nSPS) is 8.27. The summed E-state index contributed by atoms with van der Waals surface area (Å²) < 4.78 is 0. The van der Waals surface area contributed by atoms with Crippen LogP contribution in [-0.4, -0.2) is 0 Å². The molecular formula is C13H10N2. The number of aryl methyl sites for hydroxylation is 2. The van der Waals surface area contributed by atoms with Gasteiger partial charge in [-0.25, -0.2) is 0 Å². The summed E-state index contributed by atoms with van der Waals surface area (Å²) in [6, 6.07) is 7.69. The Labute approximate surface area is 89.8 Å². The molecule has 0 spiro atoms. The average molecular weight is 194 g/mol. The number of hydrogen-bond donors (Lipinski definition) is 0. The maximum Gasteiger partial charge on any atom is 0.0991 e. The molecule has 1 rings (SSSR count). The van der Waals surface area contributed by atoms with Gasteiger partial charge >= 0.3 is 0 Å². The van der Waals surface area contributed by atoms with Gasteiger partial charge in [0.15, 0.2) is 0 Å². The van der Waals surface area contributed by atoms with Gasteiger partial charge in [0.2, 0.25) is 0 Å². The Morgan fingerprint density at radius 1 is 1.13 bits per heavy atom. The van der Waals surface area contributed by atoms with Crippen LogP contribution in [0, 0.1) is 48.4 Å². The lowest BCUT2D eigenvalue weighted by Gasteiger charge is -2.03. The zero-order valence-electron chi connectivity index (χ0n) is 8.76. The van der Waals surface area contributed by atoms with Gasteiger partial charge in [-0.2, -0.15) is 10.5 Å². The van der Waals surface area contributed by atoms with E-state index in [1.807, 2.05) is 32.0 Å². The highest BCUT2D eigenvalue weighted by molar-refractivity contribution is 5.51. The fourth-order valence-electron chi connectivity index (χ4n) is 1.40. The van der Waals surface area contributed by atoms with E-state index in [1.54, 1.807) is 0 Å². The summed E-state index contributed by atoms with van der Waals surface area (Å²) in [7, 11) is 0. The molecule has 0 aromatic heterocycles. The van der Waals surface area contributed by atoms with Crippen LogP contribution in [-0.2, 0) is 0 Å². The Morgan fingerprint density at radius 3 is 2.20 bits per heavy atom. The molecule has 15 heavy (non-hydrogen) atoms. The van der Waals surface area contributed by atoms with Gasteiger partial charge in [-0.15, -0.1) is 0 Å². The highest BCUT2D eigenvalue weighted by atomic mass is 14.2. The van der Waals surface area contributed by atoms with Crippen molar-refractivity contribution >= 4 is 0 Å². The lowest BCUT2D eigenvalue weighted by molar-refractivity contribution is 1.32. The quantitative estimate of drug-likeness (QED) is 0.595. The monoisotopic (exact) mass is 194 g/mol. The second-order valence-electron chi connectivity index (χ2n) is 3.23. The molecule has 0 heterocycles. The minimum atomic E-state index is 0.235. The Morgan fingerprint density at radius 2 is 1.73 bits per heavy atom. The topological polar surface area (TPSA) is 47.6 Å². The van der Waals surface area contributed by atoms with E-state index < -0.39 is 0 Å². The van der Waals surface area contributed by atoms with Gasteiger partial charge in [0.1, 0.15) is 0 Å². The first-order valence-corrected chi connectivity index (χ1v) is 4.56. The Kier molecular flexibility index (Phi) is 3.50. The molecule has 0 bridgehead atoms. The summed E-state index contributed by atoms with van der Waals surface area (Å²) in [6.45, 7) is 3.84. The number of benzene rings is 1. The number of nitriles is 2. The van der Waals surface area contributed by atoms with Gasteiger partial charge in [-0.05, 0) is 37.1 Å². The molecular weight excluding hydrogens is 184 g/mol. The van der Waals surface area contributed by atoms with E-state index >= 15 is 0 Å². The van der Waals surface area contributed by atoms with Crippen molar-refractivity contribution in [2.24, 2.45) is 0 Å². The number of nitrogens with zero attached hydrogens (tertiary/aromatic N) is 2. The number of rotatable bonds is 0. The number of hydrogen-bond acceptors (Lipinski definition) is 2. The molecule has 0 fully saturated rings. The molecule has 0 amide bonds. The second kappa shape index (κ2) is 4.85. The zero-order valence-corrected chi connectivity index (χ0v) is 8.76. The molecule has 1 aromatic carbocycles. The van der Waals surface area contributed by atoms with Crippen molar-refractivity contribution in [3.63, 3.8) is 0 Å². The van der Waals surface area contributed by atoms with Crippen molar-refractivity contribution in [3.05, 3.63) is 34.4 Å². The zero-order chi connectivity index (χ0) is 11.3. The molecule has 0 aliphatic heterocycles. The van der Waals surface area contributed by atoms with Crippen molar-refractivity contribution < 1.29 is 0 Å². The first-order chi connectivity index (χ1) is 7.19. The molecule has 2 heteroatoms. The predicted octanol–water partition coefficient (Wildman–Crippen LogP) is 2.44. The lowest BCUT2D eigenvalue weighted by Crippen LogP contribution is -1.90. The molecule has 0 N–H and O–H groups in total. The molecule has 0 saturated heterocycles. The Bertz CT molecular complexity index is 493. The molecule has 1 aromatic rings. The van der Waals surface area contributed by atoms with E-state index in [1.165, 1.54) is 0 Å². The van der Waals surface area contributed by atoms with Crippen molar-refractivity contribution in [2.45, 2.75) is 20.3 Å². The van der Waals surface area contributed by atoms with Crippen LogP contribution in [0.4, 0.5) is 0 Å². The summed E-state index contributed by atoms with van der Waals surface area (Å²) in [5, 5.41) is 17.1. The van der Waals surface area contributed by atoms with Crippen LogP contribution in [0.1, 0.15) is 28.7 Å². The fraction of sp³-hybridized carbons (Fsp3) is 0.231. The maximum absolute atomic E-state index is 8.76. The third kappa shape index (κ3) is 2.60. The summed E-state index contributed by atoms with van der Waals surface area (Å²) in [5.74, 6) is 5.73. The third-order valence-corrected chi connectivity index (χ3v) is 2.04. The summed E-state index contributed by atoms with van der Waals surface area (Å²) in [5.41, 5.74) is 3.54. The van der Waals surface area contributed by atoms with Crippen LogP contribution in [0.3, 0.4) is 0 Å². The molecule has 72 valence electrons. The Hall–Kier alpha value is -2.24. The van der Waals surface area contributed by atoms with Gasteiger partial charge < -0.3 is 0 Å². The smallest absolute Gasteiger partial charge is 0.0991 e. The standard InChI is InChI=1S/C13H10N2/c1-10-7-12(9-15)8-11(2)13(10)5-3-4-6-14/h7-8H,4H2,1-2H3. The first kappa shape index (κ1) is 10.8. The van der Waals surface area contributed by atoms with Crippen molar-refractivity contribution in [1.29, 1.82) is 10.5 Å². The minimum absolute atomic E-state index is 0.235. The van der Waals surface area contributed by atoms with Crippen LogP contribution in [0.25, 0.3) is 0 Å². The molecule has 0 atom stereocenters. The highest BCUT2D eigenvalue weighted by Crippen LogP contribution is 2.14. The molecule has 0 unspecified atom stereocenters.